The Morgan fingerprint density at radius 2 is 2.07 bits per heavy atom. The second kappa shape index (κ2) is 6.90. The van der Waals surface area contributed by atoms with Crippen LogP contribution in [0.3, 0.4) is 0 Å². The molecule has 0 radical (unpaired) electrons. The number of hydrogen-bond acceptors (Lipinski definition) is 7. The normalized spacial score (nSPS) is 14.4. The summed E-state index contributed by atoms with van der Waals surface area (Å²) in [5.74, 6) is 0.586. The van der Waals surface area contributed by atoms with E-state index >= 15 is 0 Å². The average Bonchev–Trinajstić information content (AvgIpc) is 3.39. The summed E-state index contributed by atoms with van der Waals surface area (Å²) in [4.78, 5) is 13.6. The summed E-state index contributed by atoms with van der Waals surface area (Å²) in [6.07, 6.45) is 3.98. The number of anilines is 3. The zero-order valence-electron chi connectivity index (χ0n) is 15.9. The molecule has 2 aromatic heterocycles. The number of aliphatic hydroxyl groups is 1. The molecule has 0 spiro atoms. The predicted octanol–water partition coefficient (Wildman–Crippen LogP) is 2.68. The van der Waals surface area contributed by atoms with Crippen molar-refractivity contribution in [2.75, 3.05) is 22.9 Å². The van der Waals surface area contributed by atoms with E-state index in [-0.39, 0.29) is 5.82 Å². The Bertz CT molecular complexity index is 1010. The third-order valence-electron chi connectivity index (χ3n) is 4.59. The van der Waals surface area contributed by atoms with Gasteiger partial charge in [0.2, 0.25) is 5.95 Å². The van der Waals surface area contributed by atoms with Gasteiger partial charge in [-0.2, -0.15) is 9.97 Å². The highest BCUT2D eigenvalue weighted by Crippen LogP contribution is 2.37. The molecule has 2 heterocycles. The van der Waals surface area contributed by atoms with E-state index in [0.29, 0.717) is 47.7 Å². The topological polar surface area (TPSA) is 114 Å². The van der Waals surface area contributed by atoms with Gasteiger partial charge in [0, 0.05) is 24.8 Å². The fraction of sp³-hybridized carbons (Fsp3) is 0.421. The van der Waals surface area contributed by atoms with Gasteiger partial charge in [-0.15, -0.1) is 0 Å². The summed E-state index contributed by atoms with van der Waals surface area (Å²) >= 11 is 0. The highest BCUT2D eigenvalue weighted by Gasteiger charge is 2.27. The molecule has 0 saturated heterocycles. The van der Waals surface area contributed by atoms with Gasteiger partial charge in [-0.1, -0.05) is 0 Å². The van der Waals surface area contributed by atoms with Gasteiger partial charge in [0.15, 0.2) is 17.0 Å². The molecule has 0 amide bonds. The van der Waals surface area contributed by atoms with Crippen molar-refractivity contribution in [2.24, 2.45) is 0 Å². The number of nitrogens with two attached hydrogens (primary N) is 1. The van der Waals surface area contributed by atoms with Crippen molar-refractivity contribution < 1.29 is 9.50 Å². The van der Waals surface area contributed by atoms with Gasteiger partial charge in [0.1, 0.15) is 5.82 Å². The molecule has 1 aromatic carbocycles. The van der Waals surface area contributed by atoms with Crippen LogP contribution in [0, 0.1) is 5.82 Å². The molecule has 9 heteroatoms. The third kappa shape index (κ3) is 3.99. The summed E-state index contributed by atoms with van der Waals surface area (Å²) in [7, 11) is 0. The molecular weight excluding hydrogens is 361 g/mol. The first kappa shape index (κ1) is 18.4. The average molecular weight is 385 g/mol. The van der Waals surface area contributed by atoms with Gasteiger partial charge in [-0.05, 0) is 50.5 Å². The highest BCUT2D eigenvalue weighted by atomic mass is 19.1. The molecule has 5 N–H and O–H groups in total. The molecule has 1 aliphatic rings. The van der Waals surface area contributed by atoms with Gasteiger partial charge in [-0.3, -0.25) is 0 Å². The lowest BCUT2D eigenvalue weighted by Crippen LogP contribution is -2.30. The molecular formula is C19H24FN7O. The second-order valence-electron chi connectivity index (χ2n) is 7.81. The van der Waals surface area contributed by atoms with E-state index in [4.69, 9.17) is 5.73 Å². The van der Waals surface area contributed by atoms with Crippen molar-refractivity contribution >= 4 is 28.6 Å². The van der Waals surface area contributed by atoms with E-state index in [1.165, 1.54) is 12.1 Å². The number of rotatable bonds is 7. The lowest BCUT2D eigenvalue weighted by Gasteiger charge is -2.18. The number of fused-ring (bicyclic) bond motifs is 1. The van der Waals surface area contributed by atoms with E-state index in [0.717, 1.165) is 18.5 Å². The van der Waals surface area contributed by atoms with Crippen LogP contribution >= 0.6 is 0 Å². The summed E-state index contributed by atoms with van der Waals surface area (Å²) in [6.45, 7) is 4.01. The van der Waals surface area contributed by atoms with Crippen molar-refractivity contribution in [1.29, 1.82) is 0 Å². The second-order valence-corrected chi connectivity index (χ2v) is 7.81. The van der Waals surface area contributed by atoms with E-state index in [1.807, 2.05) is 4.57 Å². The number of benzene rings is 1. The van der Waals surface area contributed by atoms with Crippen LogP contribution < -0.4 is 16.4 Å². The first-order chi connectivity index (χ1) is 13.3. The van der Waals surface area contributed by atoms with E-state index in [9.17, 15) is 9.50 Å². The maximum Gasteiger partial charge on any atom is 0.226 e. The van der Waals surface area contributed by atoms with Gasteiger partial charge < -0.3 is 26.0 Å². The zero-order chi connectivity index (χ0) is 19.9. The molecule has 3 aromatic rings. The Morgan fingerprint density at radius 3 is 2.79 bits per heavy atom. The highest BCUT2D eigenvalue weighted by molar-refractivity contribution is 5.84. The maximum absolute atomic E-state index is 13.5. The lowest BCUT2D eigenvalue weighted by molar-refractivity contribution is 0.0943. The summed E-state index contributed by atoms with van der Waals surface area (Å²) in [5.41, 5.74) is 7.56. The van der Waals surface area contributed by atoms with Crippen LogP contribution in [0.15, 0.2) is 24.5 Å². The van der Waals surface area contributed by atoms with Crippen molar-refractivity contribution in [3.05, 3.63) is 35.9 Å². The molecule has 28 heavy (non-hydrogen) atoms. The zero-order valence-corrected chi connectivity index (χ0v) is 15.9. The summed E-state index contributed by atoms with van der Waals surface area (Å²) in [5, 5.41) is 16.3. The summed E-state index contributed by atoms with van der Waals surface area (Å²) in [6, 6.07) is 4.68. The smallest absolute Gasteiger partial charge is 0.226 e. The van der Waals surface area contributed by atoms with Gasteiger partial charge >= 0.3 is 0 Å². The van der Waals surface area contributed by atoms with E-state index < -0.39 is 5.60 Å². The monoisotopic (exact) mass is 385 g/mol. The van der Waals surface area contributed by atoms with Crippen molar-refractivity contribution in [1.82, 2.24) is 19.5 Å². The molecule has 148 valence electrons. The molecule has 0 aliphatic heterocycles. The lowest BCUT2D eigenvalue weighted by atomic mass is 10.1. The van der Waals surface area contributed by atoms with Crippen LogP contribution in [-0.4, -0.2) is 36.8 Å². The number of halogens is 1. The quantitative estimate of drug-likeness (QED) is 0.462. The number of hydrogen-bond donors (Lipinski definition) is 4. The van der Waals surface area contributed by atoms with Crippen molar-refractivity contribution in [3.63, 3.8) is 0 Å². The first-order valence-electron chi connectivity index (χ1n) is 9.29. The molecule has 8 nitrogen and oxygen atoms in total. The number of imidazole rings is 1. The van der Waals surface area contributed by atoms with Crippen LogP contribution in [0.1, 0.15) is 38.3 Å². The molecule has 0 bridgehead atoms. The molecule has 1 fully saturated rings. The fourth-order valence-corrected chi connectivity index (χ4v) is 2.94. The Balaban J connectivity index is 1.66. The van der Waals surface area contributed by atoms with E-state index in [2.05, 4.69) is 25.6 Å². The largest absolute Gasteiger partial charge is 0.398 e. The van der Waals surface area contributed by atoms with Crippen molar-refractivity contribution in [2.45, 2.75) is 44.9 Å². The minimum absolute atomic E-state index is 0.298. The minimum atomic E-state index is -0.904. The predicted molar refractivity (Wildman–Crippen MR) is 107 cm³/mol. The van der Waals surface area contributed by atoms with Gasteiger partial charge in [-0.25, -0.2) is 9.37 Å². The Kier molecular flexibility index (Phi) is 4.54. The van der Waals surface area contributed by atoms with Gasteiger partial charge in [0.25, 0.3) is 0 Å². The molecule has 1 saturated carbocycles. The molecule has 0 unspecified atom stereocenters. The number of nitrogens with zero attached hydrogens (tertiary/aromatic N) is 4. The van der Waals surface area contributed by atoms with Crippen LogP contribution in [0.25, 0.3) is 11.2 Å². The summed E-state index contributed by atoms with van der Waals surface area (Å²) < 4.78 is 15.6. The fourth-order valence-electron chi connectivity index (χ4n) is 2.94. The van der Waals surface area contributed by atoms with Gasteiger partial charge in [0.05, 0.1) is 11.9 Å². The van der Waals surface area contributed by atoms with Crippen LogP contribution in [0.5, 0.6) is 0 Å². The van der Waals surface area contributed by atoms with Crippen LogP contribution in [0.4, 0.5) is 21.8 Å². The Hall–Kier alpha value is -2.94. The minimum Gasteiger partial charge on any atom is -0.398 e. The molecule has 0 atom stereocenters. The number of nitrogen functional groups attached to an aromatic ring is 1. The number of aromatic nitrogens is 4. The Labute approximate surface area is 162 Å². The third-order valence-corrected chi connectivity index (χ3v) is 4.59. The van der Waals surface area contributed by atoms with Crippen molar-refractivity contribution in [3.8, 4) is 0 Å². The van der Waals surface area contributed by atoms with Crippen LogP contribution in [0.2, 0.25) is 0 Å². The first-order valence-corrected chi connectivity index (χ1v) is 9.29. The SMILES string of the molecule is CC(C)(O)CNc1nc(NCc2cc(F)ccc2N)c2ncn(C3CC3)c2n1. The molecule has 1 aliphatic carbocycles. The van der Waals surface area contributed by atoms with Crippen LogP contribution in [-0.2, 0) is 6.54 Å². The maximum atomic E-state index is 13.5. The Morgan fingerprint density at radius 1 is 1.29 bits per heavy atom. The standard InChI is InChI=1S/C19H24FN7O/c1-19(2,28)9-23-18-25-16(22-8-11-7-12(20)3-6-14(11)21)15-17(26-18)27(10-24-15)13-4-5-13/h3,6-7,10,13,28H,4-5,8-9,21H2,1-2H3,(H2,22,23,25,26). The van der Waals surface area contributed by atoms with E-state index in [1.54, 1.807) is 26.2 Å². The number of nitrogens with one attached hydrogen (secondary N) is 2. The molecule has 4 rings (SSSR count).